The second kappa shape index (κ2) is 4.86. The third-order valence-electron chi connectivity index (χ3n) is 1.97. The molecule has 0 saturated carbocycles. The summed E-state index contributed by atoms with van der Waals surface area (Å²) in [6.45, 7) is 0. The van der Waals surface area contributed by atoms with E-state index in [2.05, 4.69) is 5.32 Å². The molecule has 0 aliphatic rings. The molecular formula is C8H6ClFN2O5S. The van der Waals surface area contributed by atoms with E-state index in [1.54, 1.807) is 0 Å². The van der Waals surface area contributed by atoms with Crippen LogP contribution < -0.4 is 5.32 Å². The molecule has 0 aliphatic carbocycles. The highest BCUT2D eigenvalue weighted by Gasteiger charge is 2.28. The fraction of sp³-hybridized carbons (Fsp3) is 0.125. The minimum Gasteiger partial charge on any atom is -0.355 e. The summed E-state index contributed by atoms with van der Waals surface area (Å²) in [6, 6.07) is 1.25. The molecule has 0 bridgehead atoms. The lowest BCUT2D eigenvalue weighted by atomic mass is 10.2. The molecule has 10 heteroatoms. The van der Waals surface area contributed by atoms with Crippen LogP contribution in [0.2, 0.25) is 0 Å². The number of carbonyl (C=O) groups is 1. The molecule has 18 heavy (non-hydrogen) atoms. The van der Waals surface area contributed by atoms with Crippen molar-refractivity contribution in [2.24, 2.45) is 0 Å². The van der Waals surface area contributed by atoms with Crippen molar-refractivity contribution in [3.05, 3.63) is 33.6 Å². The predicted molar refractivity (Wildman–Crippen MR) is 59.5 cm³/mol. The van der Waals surface area contributed by atoms with Gasteiger partial charge in [-0.1, -0.05) is 0 Å². The van der Waals surface area contributed by atoms with Gasteiger partial charge in [0.15, 0.2) is 0 Å². The molecule has 0 saturated heterocycles. The molecule has 0 fully saturated rings. The average Bonchev–Trinajstić information content (AvgIpc) is 2.26. The van der Waals surface area contributed by atoms with Crippen LogP contribution in [0.5, 0.6) is 0 Å². The van der Waals surface area contributed by atoms with E-state index >= 15 is 0 Å². The van der Waals surface area contributed by atoms with Gasteiger partial charge in [0.05, 0.1) is 4.92 Å². The summed E-state index contributed by atoms with van der Waals surface area (Å²) < 4.78 is 35.7. The molecule has 1 rings (SSSR count). The zero-order valence-corrected chi connectivity index (χ0v) is 10.4. The summed E-state index contributed by atoms with van der Waals surface area (Å²) in [5, 5.41) is 12.7. The van der Waals surface area contributed by atoms with Gasteiger partial charge < -0.3 is 5.32 Å². The van der Waals surface area contributed by atoms with E-state index < -0.39 is 36.3 Å². The first-order valence-corrected chi connectivity index (χ1v) is 6.64. The van der Waals surface area contributed by atoms with Gasteiger partial charge in [-0.3, -0.25) is 14.9 Å². The first-order chi connectivity index (χ1) is 8.18. The summed E-state index contributed by atoms with van der Waals surface area (Å²) in [6.07, 6.45) is 0. The molecular weight excluding hydrogens is 291 g/mol. The van der Waals surface area contributed by atoms with E-state index in [1.165, 1.54) is 7.05 Å². The van der Waals surface area contributed by atoms with Crippen molar-refractivity contribution < 1.29 is 22.5 Å². The zero-order valence-electron chi connectivity index (χ0n) is 8.81. The van der Waals surface area contributed by atoms with Gasteiger partial charge in [0.25, 0.3) is 15.0 Å². The van der Waals surface area contributed by atoms with Gasteiger partial charge in [0.1, 0.15) is 4.90 Å². The first-order valence-electron chi connectivity index (χ1n) is 4.33. The van der Waals surface area contributed by atoms with Crippen LogP contribution in [-0.2, 0) is 9.05 Å². The minimum atomic E-state index is -4.54. The number of carbonyl (C=O) groups excluding carboxylic acids is 1. The molecule has 0 unspecified atom stereocenters. The predicted octanol–water partition coefficient (Wildman–Crippen LogP) is 1.02. The Kier molecular flexibility index (Phi) is 3.87. The van der Waals surface area contributed by atoms with Crippen molar-refractivity contribution in [1.29, 1.82) is 0 Å². The lowest BCUT2D eigenvalue weighted by Gasteiger charge is -2.04. The van der Waals surface area contributed by atoms with E-state index in [0.717, 1.165) is 0 Å². The monoisotopic (exact) mass is 296 g/mol. The van der Waals surface area contributed by atoms with Crippen LogP contribution >= 0.6 is 10.7 Å². The fourth-order valence-electron chi connectivity index (χ4n) is 1.17. The number of hydrogen-bond donors (Lipinski definition) is 1. The second-order valence-electron chi connectivity index (χ2n) is 3.08. The lowest BCUT2D eigenvalue weighted by Crippen LogP contribution is -2.19. The van der Waals surface area contributed by atoms with Gasteiger partial charge in [-0.05, 0) is 6.07 Å². The van der Waals surface area contributed by atoms with E-state index in [9.17, 15) is 27.7 Å². The Morgan fingerprint density at radius 3 is 2.44 bits per heavy atom. The first kappa shape index (κ1) is 14.3. The largest absolute Gasteiger partial charge is 0.355 e. The van der Waals surface area contributed by atoms with Gasteiger partial charge in [-0.2, -0.15) is 4.39 Å². The normalized spacial score (nSPS) is 11.1. The highest BCUT2D eigenvalue weighted by molar-refractivity contribution is 8.13. The number of amides is 1. The molecule has 98 valence electrons. The smallest absolute Gasteiger partial charge is 0.307 e. The van der Waals surface area contributed by atoms with Crippen molar-refractivity contribution in [3.8, 4) is 0 Å². The zero-order chi connectivity index (χ0) is 14.1. The number of nitro benzene ring substituents is 1. The molecule has 0 aliphatic heterocycles. The third kappa shape index (κ3) is 2.74. The van der Waals surface area contributed by atoms with E-state index in [1.807, 2.05) is 0 Å². The number of benzene rings is 1. The average molecular weight is 297 g/mol. The Morgan fingerprint density at radius 2 is 2.06 bits per heavy atom. The summed E-state index contributed by atoms with van der Waals surface area (Å²) in [5.41, 5.74) is -1.53. The van der Waals surface area contributed by atoms with E-state index in [-0.39, 0.29) is 5.56 Å². The Morgan fingerprint density at radius 1 is 1.50 bits per heavy atom. The number of nitrogens with one attached hydrogen (secondary N) is 1. The molecule has 1 aromatic rings. The van der Waals surface area contributed by atoms with E-state index in [4.69, 9.17) is 10.7 Å². The molecule has 7 nitrogen and oxygen atoms in total. The molecule has 0 aromatic heterocycles. The van der Waals surface area contributed by atoms with E-state index in [0.29, 0.717) is 12.1 Å². The van der Waals surface area contributed by atoms with Gasteiger partial charge >= 0.3 is 5.69 Å². The summed E-state index contributed by atoms with van der Waals surface area (Å²) in [7, 11) is 1.63. The minimum absolute atomic E-state index is 0.384. The number of halogens is 2. The Bertz CT molecular complexity index is 631. The van der Waals surface area contributed by atoms with Gasteiger partial charge in [-0.15, -0.1) is 0 Å². The van der Waals surface area contributed by atoms with Crippen molar-refractivity contribution in [1.82, 2.24) is 5.32 Å². The quantitative estimate of drug-likeness (QED) is 0.509. The van der Waals surface area contributed by atoms with Crippen LogP contribution in [0.1, 0.15) is 10.4 Å². The van der Waals surface area contributed by atoms with Crippen molar-refractivity contribution >= 4 is 31.3 Å². The number of nitrogens with zero attached hydrogens (tertiary/aromatic N) is 1. The lowest BCUT2D eigenvalue weighted by molar-refractivity contribution is -0.387. The van der Waals surface area contributed by atoms with Gasteiger partial charge in [-0.25, -0.2) is 8.42 Å². The van der Waals surface area contributed by atoms with Crippen LogP contribution in [-0.4, -0.2) is 26.3 Å². The Labute approximate surface area is 105 Å². The molecule has 1 aromatic carbocycles. The summed E-state index contributed by atoms with van der Waals surface area (Å²) >= 11 is 0. The second-order valence-corrected chi connectivity index (χ2v) is 5.62. The number of nitro groups is 1. The summed E-state index contributed by atoms with van der Waals surface area (Å²) in [4.78, 5) is 19.6. The maximum atomic E-state index is 13.5. The molecule has 1 N–H and O–H groups in total. The summed E-state index contributed by atoms with van der Waals surface area (Å²) in [5.74, 6) is -2.41. The highest BCUT2D eigenvalue weighted by atomic mass is 35.7. The van der Waals surface area contributed by atoms with Crippen molar-refractivity contribution in [3.63, 3.8) is 0 Å². The maximum Gasteiger partial charge on any atom is 0.307 e. The van der Waals surface area contributed by atoms with Crippen LogP contribution in [0.4, 0.5) is 10.1 Å². The molecule has 0 atom stereocenters. The van der Waals surface area contributed by atoms with Gasteiger partial charge in [0, 0.05) is 29.4 Å². The third-order valence-corrected chi connectivity index (χ3v) is 3.29. The van der Waals surface area contributed by atoms with Crippen LogP contribution in [0.15, 0.2) is 17.0 Å². The van der Waals surface area contributed by atoms with Crippen LogP contribution in [0, 0.1) is 15.9 Å². The Hall–Kier alpha value is -1.74. The fourth-order valence-corrected chi connectivity index (χ4v) is 2.09. The SMILES string of the molecule is CNC(=O)c1cc([N+](=O)[O-])c(F)c(S(=O)(=O)Cl)c1. The topological polar surface area (TPSA) is 106 Å². The molecule has 0 heterocycles. The number of rotatable bonds is 3. The van der Waals surface area contributed by atoms with Crippen molar-refractivity contribution in [2.75, 3.05) is 7.05 Å². The van der Waals surface area contributed by atoms with Crippen molar-refractivity contribution in [2.45, 2.75) is 4.90 Å². The maximum absolute atomic E-state index is 13.5. The Balaban J connectivity index is 3.68. The highest BCUT2D eigenvalue weighted by Crippen LogP contribution is 2.28. The van der Waals surface area contributed by atoms with Crippen LogP contribution in [0.3, 0.4) is 0 Å². The molecule has 1 amide bonds. The number of hydrogen-bond acceptors (Lipinski definition) is 5. The van der Waals surface area contributed by atoms with Crippen LogP contribution in [0.25, 0.3) is 0 Å². The molecule has 0 radical (unpaired) electrons. The molecule has 0 spiro atoms. The van der Waals surface area contributed by atoms with Gasteiger partial charge in [0.2, 0.25) is 5.82 Å². The standard InChI is InChI=1S/C8H6ClFN2O5S/c1-11-8(13)4-2-5(12(14)15)7(10)6(3-4)18(9,16)17/h2-3H,1H3,(H,11,13).